The first kappa shape index (κ1) is 21.9. The molecule has 1 aliphatic heterocycles. The molecule has 0 N–H and O–H groups in total. The van der Waals surface area contributed by atoms with Crippen molar-refractivity contribution >= 4 is 44.3 Å². The summed E-state index contributed by atoms with van der Waals surface area (Å²) in [6.07, 6.45) is 1.30. The predicted octanol–water partition coefficient (Wildman–Crippen LogP) is 5.03. The van der Waals surface area contributed by atoms with E-state index in [0.29, 0.717) is 18.0 Å². The largest absolute Gasteiger partial charge is 0.346 e. The Balaban J connectivity index is 1.32. The van der Waals surface area contributed by atoms with Gasteiger partial charge >= 0.3 is 0 Å². The fourth-order valence-electron chi connectivity index (χ4n) is 4.22. The smallest absolute Gasteiger partial charge is 0.227 e. The Morgan fingerprint density at radius 2 is 1.88 bits per heavy atom. The van der Waals surface area contributed by atoms with E-state index in [9.17, 15) is 4.79 Å². The minimum Gasteiger partial charge on any atom is -0.346 e. The number of carbonyl (C=O) groups is 1. The van der Waals surface area contributed by atoms with Crippen LogP contribution >= 0.6 is 22.9 Å². The van der Waals surface area contributed by atoms with Gasteiger partial charge in [0.05, 0.1) is 22.5 Å². The molecule has 0 aliphatic carbocycles. The Kier molecular flexibility index (Phi) is 6.08. The average Bonchev–Trinajstić information content (AvgIpc) is 3.25. The van der Waals surface area contributed by atoms with Crippen molar-refractivity contribution in [3.63, 3.8) is 0 Å². The van der Waals surface area contributed by atoms with Crippen molar-refractivity contribution in [3.8, 4) is 5.69 Å². The summed E-state index contributed by atoms with van der Waals surface area (Å²) in [5.41, 5.74) is 5.08. The third-order valence-electron chi connectivity index (χ3n) is 6.02. The van der Waals surface area contributed by atoms with Crippen LogP contribution in [0.15, 0.2) is 48.5 Å². The Morgan fingerprint density at radius 1 is 1.06 bits per heavy atom. The minimum absolute atomic E-state index is 0.147. The van der Waals surface area contributed by atoms with Crippen LogP contribution in [0.4, 0.5) is 5.13 Å². The Morgan fingerprint density at radius 3 is 2.67 bits per heavy atom. The van der Waals surface area contributed by atoms with Gasteiger partial charge in [0.1, 0.15) is 0 Å². The molecule has 2 aromatic carbocycles. The third-order valence-corrected chi connectivity index (χ3v) is 7.47. The highest BCUT2D eigenvalue weighted by Crippen LogP contribution is 2.33. The zero-order valence-electron chi connectivity index (χ0n) is 18.8. The summed E-state index contributed by atoms with van der Waals surface area (Å²) in [7, 11) is 0. The van der Waals surface area contributed by atoms with Gasteiger partial charge in [-0.3, -0.25) is 4.79 Å². The number of thiazole rings is 1. The Labute approximate surface area is 202 Å². The molecule has 170 valence electrons. The lowest BCUT2D eigenvalue weighted by atomic mass is 10.1. The van der Waals surface area contributed by atoms with E-state index in [2.05, 4.69) is 36.1 Å². The summed E-state index contributed by atoms with van der Waals surface area (Å²) in [5.74, 6) is 0.147. The molecule has 0 spiro atoms. The summed E-state index contributed by atoms with van der Waals surface area (Å²) in [4.78, 5) is 22.1. The summed E-state index contributed by atoms with van der Waals surface area (Å²) in [5, 5.41) is 6.38. The molecule has 33 heavy (non-hydrogen) atoms. The number of nitrogens with zero attached hydrogens (tertiary/aromatic N) is 5. The molecule has 0 saturated carbocycles. The number of amides is 1. The summed E-state index contributed by atoms with van der Waals surface area (Å²) < 4.78 is 3.05. The van der Waals surface area contributed by atoms with Crippen LogP contribution in [0.2, 0.25) is 5.02 Å². The van der Waals surface area contributed by atoms with E-state index in [1.54, 1.807) is 11.3 Å². The van der Waals surface area contributed by atoms with E-state index in [1.807, 2.05) is 40.8 Å². The van der Waals surface area contributed by atoms with Gasteiger partial charge in [0.2, 0.25) is 5.91 Å². The number of anilines is 1. The van der Waals surface area contributed by atoms with Gasteiger partial charge < -0.3 is 9.80 Å². The number of hydrogen-bond acceptors (Lipinski definition) is 5. The van der Waals surface area contributed by atoms with E-state index < -0.39 is 0 Å². The van der Waals surface area contributed by atoms with E-state index in [-0.39, 0.29) is 5.91 Å². The van der Waals surface area contributed by atoms with Crippen LogP contribution in [0, 0.1) is 13.8 Å². The maximum Gasteiger partial charge on any atom is 0.227 e. The van der Waals surface area contributed by atoms with Crippen molar-refractivity contribution in [2.75, 3.05) is 31.1 Å². The molecule has 1 saturated heterocycles. The lowest BCUT2D eigenvalue weighted by Crippen LogP contribution is -2.36. The molecular weight excluding hydrogens is 454 g/mol. The second-order valence-electron chi connectivity index (χ2n) is 8.51. The number of rotatable bonds is 4. The van der Waals surface area contributed by atoms with Crippen LogP contribution in [-0.4, -0.2) is 51.8 Å². The van der Waals surface area contributed by atoms with Gasteiger partial charge in [-0.25, -0.2) is 4.68 Å². The zero-order chi connectivity index (χ0) is 22.9. The SMILES string of the molecule is Cc1ccc(-n2nc(C)c3sc(N4CCCN(C(=O)Cc5cccc(Cl)c5)CC4)nc32)cc1. The van der Waals surface area contributed by atoms with Crippen LogP contribution in [0.1, 0.15) is 23.2 Å². The maximum atomic E-state index is 12.9. The summed E-state index contributed by atoms with van der Waals surface area (Å²) in [6, 6.07) is 15.9. The minimum atomic E-state index is 0.147. The van der Waals surface area contributed by atoms with E-state index in [4.69, 9.17) is 21.7 Å². The molecule has 4 aromatic rings. The first-order chi connectivity index (χ1) is 16.0. The topological polar surface area (TPSA) is 54.3 Å². The first-order valence-corrected chi connectivity index (χ1v) is 12.4. The molecule has 1 aliphatic rings. The highest BCUT2D eigenvalue weighted by atomic mass is 35.5. The van der Waals surface area contributed by atoms with Crippen molar-refractivity contribution < 1.29 is 4.79 Å². The number of carbonyl (C=O) groups excluding carboxylic acids is 1. The fourth-order valence-corrected chi connectivity index (χ4v) is 5.47. The Bertz CT molecular complexity index is 1300. The maximum absolute atomic E-state index is 12.9. The molecule has 0 bridgehead atoms. The van der Waals surface area contributed by atoms with E-state index in [0.717, 1.165) is 58.5 Å². The first-order valence-electron chi connectivity index (χ1n) is 11.2. The Hall–Kier alpha value is -2.90. The number of benzene rings is 2. The highest BCUT2D eigenvalue weighted by molar-refractivity contribution is 7.22. The lowest BCUT2D eigenvalue weighted by molar-refractivity contribution is -0.130. The van der Waals surface area contributed by atoms with Crippen LogP contribution in [0.5, 0.6) is 0 Å². The standard InChI is InChI=1S/C25H26ClN5OS/c1-17-7-9-21(10-8-17)31-24-23(18(2)28-31)33-25(27-24)30-12-4-11-29(13-14-30)22(32)16-19-5-3-6-20(26)15-19/h3,5-10,15H,4,11-14,16H2,1-2H3. The normalized spacial score (nSPS) is 14.6. The second kappa shape index (κ2) is 9.15. The van der Waals surface area contributed by atoms with Gasteiger partial charge in [0.15, 0.2) is 10.8 Å². The molecule has 3 heterocycles. The molecule has 2 aromatic heterocycles. The number of halogens is 1. The molecule has 1 fully saturated rings. The quantitative estimate of drug-likeness (QED) is 0.411. The van der Waals surface area contributed by atoms with Gasteiger partial charge in [-0.2, -0.15) is 10.1 Å². The van der Waals surface area contributed by atoms with Crippen molar-refractivity contribution in [2.24, 2.45) is 0 Å². The molecule has 8 heteroatoms. The monoisotopic (exact) mass is 479 g/mol. The number of aryl methyl sites for hydroxylation is 2. The van der Waals surface area contributed by atoms with Gasteiger partial charge in [-0.1, -0.05) is 52.8 Å². The van der Waals surface area contributed by atoms with Crippen LogP contribution in [0.25, 0.3) is 16.0 Å². The molecule has 0 radical (unpaired) electrons. The molecule has 1 amide bonds. The lowest BCUT2D eigenvalue weighted by Gasteiger charge is -2.22. The zero-order valence-corrected chi connectivity index (χ0v) is 20.4. The average molecular weight is 480 g/mol. The van der Waals surface area contributed by atoms with Crippen molar-refractivity contribution in [3.05, 3.63) is 70.4 Å². The van der Waals surface area contributed by atoms with E-state index >= 15 is 0 Å². The van der Waals surface area contributed by atoms with E-state index in [1.165, 1.54) is 5.56 Å². The van der Waals surface area contributed by atoms with Gasteiger partial charge in [-0.15, -0.1) is 0 Å². The van der Waals surface area contributed by atoms with Gasteiger partial charge in [-0.05, 0) is 50.1 Å². The second-order valence-corrected chi connectivity index (χ2v) is 9.92. The molecular formula is C25H26ClN5OS. The molecule has 0 unspecified atom stereocenters. The van der Waals surface area contributed by atoms with Crippen molar-refractivity contribution in [1.82, 2.24) is 19.7 Å². The van der Waals surface area contributed by atoms with Crippen molar-refractivity contribution in [2.45, 2.75) is 26.7 Å². The third kappa shape index (κ3) is 4.61. The number of fused-ring (bicyclic) bond motifs is 1. The fraction of sp³-hybridized carbons (Fsp3) is 0.320. The molecule has 6 nitrogen and oxygen atoms in total. The predicted molar refractivity (Wildman–Crippen MR) is 135 cm³/mol. The van der Waals surface area contributed by atoms with Gasteiger partial charge in [0, 0.05) is 31.2 Å². The molecule has 0 atom stereocenters. The number of hydrogen-bond donors (Lipinski definition) is 0. The number of aromatic nitrogens is 3. The van der Waals surface area contributed by atoms with Crippen molar-refractivity contribution in [1.29, 1.82) is 0 Å². The molecule has 5 rings (SSSR count). The highest BCUT2D eigenvalue weighted by Gasteiger charge is 2.23. The van der Waals surface area contributed by atoms with Gasteiger partial charge in [0.25, 0.3) is 0 Å². The summed E-state index contributed by atoms with van der Waals surface area (Å²) >= 11 is 7.76. The van der Waals surface area contributed by atoms with Crippen LogP contribution in [0.3, 0.4) is 0 Å². The summed E-state index contributed by atoms with van der Waals surface area (Å²) in [6.45, 7) is 7.22. The van der Waals surface area contributed by atoms with Crippen LogP contribution in [-0.2, 0) is 11.2 Å². The van der Waals surface area contributed by atoms with Crippen LogP contribution < -0.4 is 4.90 Å².